The van der Waals surface area contributed by atoms with Crippen LogP contribution in [0.2, 0.25) is 0 Å². The van der Waals surface area contributed by atoms with E-state index in [2.05, 4.69) is 5.32 Å². The first kappa shape index (κ1) is 12.8. The van der Waals surface area contributed by atoms with Crippen LogP contribution in [0.3, 0.4) is 0 Å². The molecule has 0 radical (unpaired) electrons. The van der Waals surface area contributed by atoms with Crippen molar-refractivity contribution >= 4 is 5.91 Å². The molecule has 2 fully saturated rings. The molecular weight excluding hydrogens is 216 g/mol. The summed E-state index contributed by atoms with van der Waals surface area (Å²) < 4.78 is 5.63. The minimum atomic E-state index is 0.161. The molecule has 4 heteroatoms. The Balaban J connectivity index is 1.74. The maximum Gasteiger partial charge on any atom is 0.236 e. The normalized spacial score (nSPS) is 30.8. The highest BCUT2D eigenvalue weighted by atomic mass is 16.5. The number of carbonyl (C=O) groups is 1. The van der Waals surface area contributed by atoms with Crippen molar-refractivity contribution in [3.05, 3.63) is 0 Å². The topological polar surface area (TPSA) is 41.6 Å². The molecule has 4 nitrogen and oxygen atoms in total. The van der Waals surface area contributed by atoms with Gasteiger partial charge in [-0.25, -0.2) is 0 Å². The summed E-state index contributed by atoms with van der Waals surface area (Å²) in [6.07, 6.45) is 5.38. The summed E-state index contributed by atoms with van der Waals surface area (Å²) in [6, 6.07) is 0.565. The molecule has 2 aliphatic rings. The monoisotopic (exact) mass is 240 g/mol. The summed E-state index contributed by atoms with van der Waals surface area (Å²) in [6.45, 7) is 6.01. The first-order valence-electron chi connectivity index (χ1n) is 6.82. The van der Waals surface area contributed by atoms with Crippen LogP contribution in [0.1, 0.15) is 39.5 Å². The quantitative estimate of drug-likeness (QED) is 0.804. The second-order valence-corrected chi connectivity index (χ2v) is 5.42. The molecule has 1 saturated carbocycles. The summed E-state index contributed by atoms with van der Waals surface area (Å²) in [7, 11) is 0. The molecule has 0 aromatic heterocycles. The second kappa shape index (κ2) is 5.83. The maximum absolute atomic E-state index is 12.1. The Hall–Kier alpha value is -0.610. The zero-order chi connectivity index (χ0) is 12.3. The molecular formula is C13H24N2O2. The largest absolute Gasteiger partial charge is 0.372 e. The third-order valence-electron chi connectivity index (χ3n) is 3.67. The average Bonchev–Trinajstić information content (AvgIpc) is 2.77. The van der Waals surface area contributed by atoms with E-state index in [1.54, 1.807) is 0 Å². The molecule has 0 aromatic rings. The van der Waals surface area contributed by atoms with Gasteiger partial charge in [0.05, 0.1) is 18.8 Å². The first-order valence-corrected chi connectivity index (χ1v) is 6.82. The smallest absolute Gasteiger partial charge is 0.236 e. The summed E-state index contributed by atoms with van der Waals surface area (Å²) in [5.41, 5.74) is 0. The van der Waals surface area contributed by atoms with Crippen LogP contribution in [-0.4, -0.2) is 48.7 Å². The van der Waals surface area contributed by atoms with Crippen molar-refractivity contribution < 1.29 is 9.53 Å². The number of ether oxygens (including phenoxy) is 1. The fraction of sp³-hybridized carbons (Fsp3) is 0.923. The van der Waals surface area contributed by atoms with Gasteiger partial charge in [-0.15, -0.1) is 0 Å². The van der Waals surface area contributed by atoms with Crippen LogP contribution >= 0.6 is 0 Å². The van der Waals surface area contributed by atoms with Crippen molar-refractivity contribution in [3.8, 4) is 0 Å². The van der Waals surface area contributed by atoms with Gasteiger partial charge >= 0.3 is 0 Å². The zero-order valence-electron chi connectivity index (χ0n) is 10.9. The number of hydrogen-bond donors (Lipinski definition) is 1. The zero-order valence-corrected chi connectivity index (χ0v) is 10.9. The van der Waals surface area contributed by atoms with Crippen LogP contribution in [-0.2, 0) is 9.53 Å². The Morgan fingerprint density at radius 1 is 1.24 bits per heavy atom. The van der Waals surface area contributed by atoms with E-state index in [1.807, 2.05) is 18.7 Å². The van der Waals surface area contributed by atoms with Crippen molar-refractivity contribution in [2.45, 2.75) is 57.8 Å². The molecule has 2 atom stereocenters. The highest BCUT2D eigenvalue weighted by Gasteiger charge is 2.26. The molecule has 1 heterocycles. The van der Waals surface area contributed by atoms with Crippen molar-refractivity contribution in [1.82, 2.24) is 10.2 Å². The van der Waals surface area contributed by atoms with Gasteiger partial charge < -0.3 is 15.0 Å². The fourth-order valence-electron chi connectivity index (χ4n) is 2.85. The van der Waals surface area contributed by atoms with Gasteiger partial charge in [-0.3, -0.25) is 4.79 Å². The Morgan fingerprint density at radius 2 is 1.82 bits per heavy atom. The van der Waals surface area contributed by atoms with Crippen molar-refractivity contribution in [2.75, 3.05) is 19.6 Å². The van der Waals surface area contributed by atoms with E-state index in [0.717, 1.165) is 13.1 Å². The molecule has 1 N–H and O–H groups in total. The van der Waals surface area contributed by atoms with Gasteiger partial charge in [0.15, 0.2) is 0 Å². The SMILES string of the molecule is C[C@@H]1CN(C(=O)CNC2CCCC2)C[C@H](C)O1. The molecule has 1 amide bonds. The minimum absolute atomic E-state index is 0.161. The van der Waals surface area contributed by atoms with Gasteiger partial charge in [-0.1, -0.05) is 12.8 Å². The lowest BCUT2D eigenvalue weighted by atomic mass is 10.2. The van der Waals surface area contributed by atoms with Crippen LogP contribution in [0, 0.1) is 0 Å². The summed E-state index contributed by atoms with van der Waals surface area (Å²) >= 11 is 0. The van der Waals surface area contributed by atoms with Crippen LogP contribution in [0.15, 0.2) is 0 Å². The highest BCUT2D eigenvalue weighted by molar-refractivity contribution is 5.78. The summed E-state index contributed by atoms with van der Waals surface area (Å²) in [4.78, 5) is 14.0. The molecule has 1 aliphatic heterocycles. The molecule has 0 aromatic carbocycles. The Labute approximate surface area is 104 Å². The Kier molecular flexibility index (Phi) is 4.40. The molecule has 0 bridgehead atoms. The fourth-order valence-corrected chi connectivity index (χ4v) is 2.85. The number of rotatable bonds is 3. The molecule has 98 valence electrons. The number of hydrogen-bond acceptors (Lipinski definition) is 3. The summed E-state index contributed by atoms with van der Waals surface area (Å²) in [5.74, 6) is 0.221. The lowest BCUT2D eigenvalue weighted by molar-refractivity contribution is -0.142. The molecule has 1 aliphatic carbocycles. The van der Waals surface area contributed by atoms with Crippen LogP contribution < -0.4 is 5.32 Å². The van der Waals surface area contributed by atoms with Crippen molar-refractivity contribution in [2.24, 2.45) is 0 Å². The molecule has 1 saturated heterocycles. The standard InChI is InChI=1S/C13H24N2O2/c1-10-8-15(9-11(2)17-10)13(16)7-14-12-5-3-4-6-12/h10-12,14H,3-9H2,1-2H3/t10-,11+. The predicted molar refractivity (Wildman–Crippen MR) is 66.8 cm³/mol. The van der Waals surface area contributed by atoms with Gasteiger partial charge in [-0.2, -0.15) is 0 Å². The number of amides is 1. The highest BCUT2D eigenvalue weighted by Crippen LogP contribution is 2.17. The second-order valence-electron chi connectivity index (χ2n) is 5.42. The first-order chi connectivity index (χ1) is 8.15. The molecule has 0 unspecified atom stereocenters. The molecule has 17 heavy (non-hydrogen) atoms. The molecule has 0 spiro atoms. The Morgan fingerprint density at radius 3 is 2.41 bits per heavy atom. The van der Waals surface area contributed by atoms with Gasteiger partial charge in [0.25, 0.3) is 0 Å². The molecule has 2 rings (SSSR count). The number of nitrogens with zero attached hydrogens (tertiary/aromatic N) is 1. The van der Waals surface area contributed by atoms with Crippen LogP contribution in [0.25, 0.3) is 0 Å². The van der Waals surface area contributed by atoms with E-state index in [9.17, 15) is 4.79 Å². The minimum Gasteiger partial charge on any atom is -0.372 e. The third-order valence-corrected chi connectivity index (χ3v) is 3.67. The van der Waals surface area contributed by atoms with Gasteiger partial charge in [0.1, 0.15) is 0 Å². The third kappa shape index (κ3) is 3.68. The lowest BCUT2D eigenvalue weighted by Gasteiger charge is -2.35. The van der Waals surface area contributed by atoms with E-state index < -0.39 is 0 Å². The van der Waals surface area contributed by atoms with E-state index >= 15 is 0 Å². The van der Waals surface area contributed by atoms with Crippen molar-refractivity contribution in [3.63, 3.8) is 0 Å². The average molecular weight is 240 g/mol. The van der Waals surface area contributed by atoms with Gasteiger partial charge in [-0.05, 0) is 26.7 Å². The van der Waals surface area contributed by atoms with Gasteiger partial charge in [0, 0.05) is 19.1 Å². The number of nitrogens with one attached hydrogen (secondary N) is 1. The lowest BCUT2D eigenvalue weighted by Crippen LogP contribution is -2.51. The van der Waals surface area contributed by atoms with E-state index in [-0.39, 0.29) is 18.1 Å². The van der Waals surface area contributed by atoms with Crippen LogP contribution in [0.5, 0.6) is 0 Å². The Bertz CT molecular complexity index is 254. The van der Waals surface area contributed by atoms with Crippen molar-refractivity contribution in [1.29, 1.82) is 0 Å². The number of carbonyl (C=O) groups excluding carboxylic acids is 1. The van der Waals surface area contributed by atoms with Gasteiger partial charge in [0.2, 0.25) is 5.91 Å². The van der Waals surface area contributed by atoms with E-state index in [0.29, 0.717) is 12.6 Å². The predicted octanol–water partition coefficient (Wildman–Crippen LogP) is 1.15. The van der Waals surface area contributed by atoms with Crippen LogP contribution in [0.4, 0.5) is 0 Å². The van der Waals surface area contributed by atoms with E-state index in [4.69, 9.17) is 4.74 Å². The maximum atomic E-state index is 12.1. The van der Waals surface area contributed by atoms with E-state index in [1.165, 1.54) is 25.7 Å². The summed E-state index contributed by atoms with van der Waals surface area (Å²) in [5, 5.41) is 3.38. The number of morpholine rings is 1.